The SMILES string of the molecule is CCOc1ccccc1N(CC(=O)N(Cc1ccc(OC)cc1)[C@H](CC)C(=O)NC(C)C)S(=O)(=O)c1ccc(C)cc1. The van der Waals surface area contributed by atoms with Gasteiger partial charge < -0.3 is 19.7 Å². The van der Waals surface area contributed by atoms with Crippen molar-refractivity contribution < 1.29 is 27.5 Å². The normalized spacial score (nSPS) is 12.0. The van der Waals surface area contributed by atoms with Gasteiger partial charge in [-0.1, -0.05) is 48.9 Å². The van der Waals surface area contributed by atoms with E-state index in [1.807, 2.05) is 39.8 Å². The van der Waals surface area contributed by atoms with Gasteiger partial charge in [0.2, 0.25) is 11.8 Å². The molecule has 0 spiro atoms. The topological polar surface area (TPSA) is 105 Å². The fraction of sp³-hybridized carbons (Fsp3) is 0.375. The van der Waals surface area contributed by atoms with Gasteiger partial charge in [0, 0.05) is 12.6 Å². The van der Waals surface area contributed by atoms with E-state index in [0.717, 1.165) is 15.4 Å². The fourth-order valence-corrected chi connectivity index (χ4v) is 5.94. The molecule has 3 aromatic carbocycles. The number of carbonyl (C=O) groups excluding carboxylic acids is 2. The maximum Gasteiger partial charge on any atom is 0.264 e. The molecule has 226 valence electrons. The Morgan fingerprint density at radius 1 is 0.929 bits per heavy atom. The van der Waals surface area contributed by atoms with Crippen LogP contribution in [0, 0.1) is 6.92 Å². The summed E-state index contributed by atoms with van der Waals surface area (Å²) in [7, 11) is -2.64. The van der Waals surface area contributed by atoms with Crippen molar-refractivity contribution in [3.05, 3.63) is 83.9 Å². The number of nitrogens with one attached hydrogen (secondary N) is 1. The monoisotopic (exact) mass is 595 g/mol. The number of nitrogens with zero attached hydrogens (tertiary/aromatic N) is 2. The lowest BCUT2D eigenvalue weighted by molar-refractivity contribution is -0.140. The first-order chi connectivity index (χ1) is 20.0. The zero-order valence-corrected chi connectivity index (χ0v) is 26.0. The van der Waals surface area contributed by atoms with Gasteiger partial charge in [0.15, 0.2) is 0 Å². The van der Waals surface area contributed by atoms with Crippen molar-refractivity contribution >= 4 is 27.5 Å². The van der Waals surface area contributed by atoms with Crippen molar-refractivity contribution in [2.75, 3.05) is 24.6 Å². The van der Waals surface area contributed by atoms with Crippen LogP contribution in [0.25, 0.3) is 0 Å². The molecule has 0 heterocycles. The largest absolute Gasteiger partial charge is 0.497 e. The Morgan fingerprint density at radius 2 is 1.57 bits per heavy atom. The van der Waals surface area contributed by atoms with E-state index in [0.29, 0.717) is 24.5 Å². The summed E-state index contributed by atoms with van der Waals surface area (Å²) < 4.78 is 40.3. The molecule has 3 rings (SSSR count). The molecule has 0 bridgehead atoms. The van der Waals surface area contributed by atoms with E-state index in [4.69, 9.17) is 9.47 Å². The van der Waals surface area contributed by atoms with Gasteiger partial charge in [-0.2, -0.15) is 0 Å². The molecule has 1 atom stereocenters. The van der Waals surface area contributed by atoms with Gasteiger partial charge in [-0.25, -0.2) is 8.42 Å². The zero-order valence-electron chi connectivity index (χ0n) is 25.2. The molecule has 2 amide bonds. The summed E-state index contributed by atoms with van der Waals surface area (Å²) in [5, 5.41) is 2.90. The van der Waals surface area contributed by atoms with Gasteiger partial charge in [-0.3, -0.25) is 13.9 Å². The van der Waals surface area contributed by atoms with E-state index in [9.17, 15) is 18.0 Å². The minimum Gasteiger partial charge on any atom is -0.497 e. The van der Waals surface area contributed by atoms with Crippen LogP contribution in [0.3, 0.4) is 0 Å². The van der Waals surface area contributed by atoms with Crippen LogP contribution in [-0.2, 0) is 26.2 Å². The molecule has 0 saturated heterocycles. The second-order valence-electron chi connectivity index (χ2n) is 10.2. The minimum absolute atomic E-state index is 0.0403. The van der Waals surface area contributed by atoms with E-state index >= 15 is 0 Å². The van der Waals surface area contributed by atoms with Crippen LogP contribution < -0.4 is 19.1 Å². The average molecular weight is 596 g/mol. The third-order valence-corrected chi connectivity index (χ3v) is 8.42. The minimum atomic E-state index is -4.21. The van der Waals surface area contributed by atoms with Crippen LogP contribution in [0.5, 0.6) is 11.5 Å². The van der Waals surface area contributed by atoms with Crippen LogP contribution in [0.2, 0.25) is 0 Å². The number of ether oxygens (including phenoxy) is 2. The maximum atomic E-state index is 14.2. The first-order valence-corrected chi connectivity index (χ1v) is 15.5. The third-order valence-electron chi connectivity index (χ3n) is 6.65. The molecule has 9 nitrogen and oxygen atoms in total. The Hall–Kier alpha value is -4.05. The number of sulfonamides is 1. The van der Waals surface area contributed by atoms with Crippen LogP contribution in [0.15, 0.2) is 77.7 Å². The zero-order chi connectivity index (χ0) is 30.9. The van der Waals surface area contributed by atoms with E-state index in [2.05, 4.69) is 5.32 Å². The number of amides is 2. The highest BCUT2D eigenvalue weighted by atomic mass is 32.2. The Bertz CT molecular complexity index is 1440. The van der Waals surface area contributed by atoms with Crippen molar-refractivity contribution in [3.8, 4) is 11.5 Å². The Kier molecular flexibility index (Phi) is 11.4. The van der Waals surface area contributed by atoms with Crippen molar-refractivity contribution in [2.45, 2.75) is 64.6 Å². The summed E-state index contributed by atoms with van der Waals surface area (Å²) in [4.78, 5) is 29.0. The smallest absolute Gasteiger partial charge is 0.264 e. The molecule has 0 radical (unpaired) electrons. The summed E-state index contributed by atoms with van der Waals surface area (Å²) in [6.07, 6.45) is 0.334. The number of hydrogen-bond donors (Lipinski definition) is 1. The molecule has 0 aliphatic carbocycles. The molecule has 0 fully saturated rings. The van der Waals surface area contributed by atoms with Crippen LogP contribution in [-0.4, -0.2) is 57.5 Å². The number of rotatable bonds is 14. The lowest BCUT2D eigenvalue weighted by Gasteiger charge is -2.34. The summed E-state index contributed by atoms with van der Waals surface area (Å²) >= 11 is 0. The number of methoxy groups -OCH3 is 1. The summed E-state index contributed by atoms with van der Waals surface area (Å²) in [6.45, 7) is 9.05. The number of anilines is 1. The van der Waals surface area contributed by atoms with Crippen LogP contribution in [0.1, 0.15) is 45.2 Å². The molecule has 1 N–H and O–H groups in total. The average Bonchev–Trinajstić information content (AvgIpc) is 2.96. The Morgan fingerprint density at radius 3 is 2.14 bits per heavy atom. The molecular weight excluding hydrogens is 554 g/mol. The van der Waals surface area contributed by atoms with Gasteiger partial charge in [0.25, 0.3) is 10.0 Å². The standard InChI is InChI=1S/C32H41N3O6S/c1-7-28(32(37)33-23(3)4)34(21-25-15-17-26(40-6)18-16-25)31(36)22-35(29-11-9-10-12-30(29)41-8-2)42(38,39)27-19-13-24(5)14-20-27/h9-20,23,28H,7-8,21-22H2,1-6H3,(H,33,37)/t28-/m1/s1. The Balaban J connectivity index is 2.11. The summed E-state index contributed by atoms with van der Waals surface area (Å²) in [5.41, 5.74) is 1.90. The highest BCUT2D eigenvalue weighted by molar-refractivity contribution is 7.92. The second-order valence-corrected chi connectivity index (χ2v) is 12.0. The van der Waals surface area contributed by atoms with Crippen molar-refractivity contribution in [1.29, 1.82) is 0 Å². The predicted molar refractivity (Wildman–Crippen MR) is 164 cm³/mol. The first kappa shape index (κ1) is 32.5. The number of hydrogen-bond acceptors (Lipinski definition) is 6. The molecule has 0 unspecified atom stereocenters. The molecule has 0 saturated carbocycles. The Labute approximate surface area is 249 Å². The summed E-state index contributed by atoms with van der Waals surface area (Å²) in [6, 6.07) is 19.4. The number of para-hydroxylation sites is 2. The van der Waals surface area contributed by atoms with Crippen molar-refractivity contribution in [3.63, 3.8) is 0 Å². The van der Waals surface area contributed by atoms with E-state index in [-0.39, 0.29) is 29.1 Å². The van der Waals surface area contributed by atoms with Gasteiger partial charge in [-0.15, -0.1) is 0 Å². The molecule has 42 heavy (non-hydrogen) atoms. The van der Waals surface area contributed by atoms with Gasteiger partial charge in [0.05, 0.1) is 24.3 Å². The van der Waals surface area contributed by atoms with E-state index in [1.165, 1.54) is 17.0 Å². The lowest BCUT2D eigenvalue weighted by Crippen LogP contribution is -2.53. The number of aryl methyl sites for hydroxylation is 1. The third kappa shape index (κ3) is 8.03. The molecule has 0 aromatic heterocycles. The molecule has 0 aliphatic heterocycles. The second kappa shape index (κ2) is 14.7. The fourth-order valence-electron chi connectivity index (χ4n) is 4.52. The summed E-state index contributed by atoms with van der Waals surface area (Å²) in [5.74, 6) is 0.148. The van der Waals surface area contributed by atoms with Crippen LogP contribution >= 0.6 is 0 Å². The quantitative estimate of drug-likeness (QED) is 0.283. The number of carbonyl (C=O) groups is 2. The molecule has 3 aromatic rings. The molecule has 0 aliphatic rings. The molecule has 10 heteroatoms. The van der Waals surface area contributed by atoms with Gasteiger partial charge >= 0.3 is 0 Å². The van der Waals surface area contributed by atoms with E-state index < -0.39 is 28.5 Å². The van der Waals surface area contributed by atoms with E-state index in [1.54, 1.807) is 62.6 Å². The predicted octanol–water partition coefficient (Wildman–Crippen LogP) is 4.93. The van der Waals surface area contributed by atoms with Gasteiger partial charge in [-0.05, 0) is 76.1 Å². The molecular formula is C32H41N3O6S. The lowest BCUT2D eigenvalue weighted by atomic mass is 10.1. The van der Waals surface area contributed by atoms with Crippen LogP contribution in [0.4, 0.5) is 5.69 Å². The maximum absolute atomic E-state index is 14.2. The highest BCUT2D eigenvalue weighted by Crippen LogP contribution is 2.33. The van der Waals surface area contributed by atoms with Crippen molar-refractivity contribution in [1.82, 2.24) is 10.2 Å². The number of benzene rings is 3. The van der Waals surface area contributed by atoms with Gasteiger partial charge in [0.1, 0.15) is 24.1 Å². The first-order valence-electron chi connectivity index (χ1n) is 14.1. The van der Waals surface area contributed by atoms with Crippen molar-refractivity contribution in [2.24, 2.45) is 0 Å². The highest BCUT2D eigenvalue weighted by Gasteiger charge is 2.34.